The molecular formula is C9H10ClF3N2. The number of nitrogens with zero attached hydrogens (tertiary/aromatic N) is 2. The van der Waals surface area contributed by atoms with Gasteiger partial charge in [0.1, 0.15) is 5.69 Å². The molecule has 84 valence electrons. The second-order valence-electron chi connectivity index (χ2n) is 3.61. The Kier molecular flexibility index (Phi) is 3.54. The summed E-state index contributed by atoms with van der Waals surface area (Å²) >= 11 is 5.42. The van der Waals surface area contributed by atoms with Crippen molar-refractivity contribution in [1.29, 1.82) is 0 Å². The Morgan fingerprint density at radius 1 is 1.33 bits per heavy atom. The molecule has 0 fully saturated rings. The number of rotatable bonds is 2. The lowest BCUT2D eigenvalue weighted by Crippen LogP contribution is -2.11. The van der Waals surface area contributed by atoms with Gasteiger partial charge in [-0.2, -0.15) is 13.2 Å². The van der Waals surface area contributed by atoms with Gasteiger partial charge in [0.15, 0.2) is 0 Å². The van der Waals surface area contributed by atoms with Gasteiger partial charge in [0, 0.05) is 5.69 Å². The Bertz CT molecular complexity index is 350. The van der Waals surface area contributed by atoms with E-state index in [-0.39, 0.29) is 11.2 Å². The highest BCUT2D eigenvalue weighted by Crippen LogP contribution is 2.28. The van der Waals surface area contributed by atoms with Crippen LogP contribution in [0.2, 0.25) is 5.28 Å². The van der Waals surface area contributed by atoms with Gasteiger partial charge in [-0.25, -0.2) is 9.97 Å². The third-order valence-electron chi connectivity index (χ3n) is 1.66. The van der Waals surface area contributed by atoms with Gasteiger partial charge in [0.05, 0.1) is 0 Å². The van der Waals surface area contributed by atoms with E-state index < -0.39 is 11.9 Å². The molecule has 0 spiro atoms. The maximum Gasteiger partial charge on any atom is 0.433 e. The molecule has 0 radical (unpaired) electrons. The predicted molar refractivity (Wildman–Crippen MR) is 50.6 cm³/mol. The zero-order valence-corrected chi connectivity index (χ0v) is 9.02. The van der Waals surface area contributed by atoms with Crippen molar-refractivity contribution in [2.45, 2.75) is 26.4 Å². The van der Waals surface area contributed by atoms with Crippen LogP contribution in [0.5, 0.6) is 0 Å². The van der Waals surface area contributed by atoms with Gasteiger partial charge in [-0.3, -0.25) is 0 Å². The minimum atomic E-state index is -4.47. The van der Waals surface area contributed by atoms with Gasteiger partial charge in [0.2, 0.25) is 5.28 Å². The molecule has 15 heavy (non-hydrogen) atoms. The van der Waals surface area contributed by atoms with Crippen LogP contribution < -0.4 is 0 Å². The van der Waals surface area contributed by atoms with Crippen molar-refractivity contribution in [1.82, 2.24) is 9.97 Å². The Morgan fingerprint density at radius 3 is 2.40 bits per heavy atom. The first-order valence-corrected chi connectivity index (χ1v) is 4.77. The van der Waals surface area contributed by atoms with E-state index in [4.69, 9.17) is 11.6 Å². The molecule has 1 rings (SSSR count). The Labute approximate surface area is 90.5 Å². The van der Waals surface area contributed by atoms with E-state index in [9.17, 15) is 13.2 Å². The monoisotopic (exact) mass is 238 g/mol. The first-order valence-electron chi connectivity index (χ1n) is 4.39. The highest BCUT2D eigenvalue weighted by molar-refractivity contribution is 6.28. The van der Waals surface area contributed by atoms with Gasteiger partial charge in [-0.05, 0) is 30.0 Å². The molecule has 0 N–H and O–H groups in total. The molecule has 0 aliphatic carbocycles. The van der Waals surface area contributed by atoms with E-state index in [1.54, 1.807) is 0 Å². The Balaban J connectivity index is 3.06. The molecule has 1 heterocycles. The maximum absolute atomic E-state index is 12.3. The molecule has 1 aromatic rings. The van der Waals surface area contributed by atoms with E-state index in [0.29, 0.717) is 12.1 Å². The van der Waals surface area contributed by atoms with E-state index in [0.717, 1.165) is 6.07 Å². The minimum Gasteiger partial charge on any atom is -0.223 e. The SMILES string of the molecule is CC(C)Cc1cc(C(F)(F)F)nc(Cl)n1. The highest BCUT2D eigenvalue weighted by atomic mass is 35.5. The van der Waals surface area contributed by atoms with E-state index in [2.05, 4.69) is 9.97 Å². The first-order chi connectivity index (χ1) is 6.79. The number of hydrogen-bond acceptors (Lipinski definition) is 2. The molecule has 0 aliphatic heterocycles. The summed E-state index contributed by atoms with van der Waals surface area (Å²) < 4.78 is 37.0. The van der Waals surface area contributed by atoms with Gasteiger partial charge in [-0.1, -0.05) is 13.8 Å². The summed E-state index contributed by atoms with van der Waals surface area (Å²) in [5.41, 5.74) is -0.671. The molecule has 0 aromatic carbocycles. The largest absolute Gasteiger partial charge is 0.433 e. The average molecular weight is 239 g/mol. The van der Waals surface area contributed by atoms with Crippen LogP contribution in [0.4, 0.5) is 13.2 Å². The van der Waals surface area contributed by atoms with Crippen molar-refractivity contribution in [3.05, 3.63) is 22.7 Å². The normalized spacial score (nSPS) is 12.2. The number of halogens is 4. The molecule has 1 aromatic heterocycles. The van der Waals surface area contributed by atoms with Crippen LogP contribution in [0.1, 0.15) is 25.2 Å². The summed E-state index contributed by atoms with van der Waals surface area (Å²) in [6.45, 7) is 3.78. The van der Waals surface area contributed by atoms with Gasteiger partial charge in [0.25, 0.3) is 0 Å². The summed E-state index contributed by atoms with van der Waals surface area (Å²) in [5.74, 6) is 0.219. The van der Waals surface area contributed by atoms with Gasteiger partial charge < -0.3 is 0 Å². The molecule has 2 nitrogen and oxygen atoms in total. The van der Waals surface area contributed by atoms with Crippen molar-refractivity contribution >= 4 is 11.6 Å². The Hall–Kier alpha value is -0.840. The maximum atomic E-state index is 12.3. The van der Waals surface area contributed by atoms with E-state index in [1.807, 2.05) is 13.8 Å². The van der Waals surface area contributed by atoms with Crippen LogP contribution in [-0.2, 0) is 12.6 Å². The molecule has 0 saturated carbocycles. The van der Waals surface area contributed by atoms with Gasteiger partial charge in [-0.15, -0.1) is 0 Å². The molecule has 0 aliphatic rings. The zero-order chi connectivity index (χ0) is 11.6. The summed E-state index contributed by atoms with van der Waals surface area (Å²) in [7, 11) is 0. The smallest absolute Gasteiger partial charge is 0.223 e. The molecule has 0 unspecified atom stereocenters. The summed E-state index contributed by atoms with van der Waals surface area (Å²) in [5, 5.41) is -0.361. The van der Waals surface area contributed by atoms with Gasteiger partial charge >= 0.3 is 6.18 Å². The highest BCUT2D eigenvalue weighted by Gasteiger charge is 2.33. The van der Waals surface area contributed by atoms with Crippen LogP contribution in [0, 0.1) is 5.92 Å². The number of aromatic nitrogens is 2. The van der Waals surface area contributed by atoms with Crippen LogP contribution in [0.3, 0.4) is 0 Å². The van der Waals surface area contributed by atoms with Crippen LogP contribution in [0.15, 0.2) is 6.07 Å². The third-order valence-corrected chi connectivity index (χ3v) is 1.83. The van der Waals surface area contributed by atoms with E-state index >= 15 is 0 Å². The topological polar surface area (TPSA) is 25.8 Å². The lowest BCUT2D eigenvalue weighted by molar-refractivity contribution is -0.141. The predicted octanol–water partition coefficient (Wildman–Crippen LogP) is 3.35. The standard InChI is InChI=1S/C9H10ClF3N2/c1-5(2)3-6-4-7(9(11,12)13)15-8(10)14-6/h4-5H,3H2,1-2H3. The molecule has 0 bridgehead atoms. The molecule has 0 saturated heterocycles. The van der Waals surface area contributed by atoms with Crippen LogP contribution in [0.25, 0.3) is 0 Å². The fraction of sp³-hybridized carbons (Fsp3) is 0.556. The fourth-order valence-corrected chi connectivity index (χ4v) is 1.33. The summed E-state index contributed by atoms with van der Waals surface area (Å²) in [6.07, 6.45) is -4.02. The lowest BCUT2D eigenvalue weighted by Gasteiger charge is -2.09. The Morgan fingerprint density at radius 2 is 1.93 bits per heavy atom. The quantitative estimate of drug-likeness (QED) is 0.739. The minimum absolute atomic E-state index is 0.219. The first kappa shape index (κ1) is 12.2. The van der Waals surface area contributed by atoms with Crippen LogP contribution in [-0.4, -0.2) is 9.97 Å². The van der Waals surface area contributed by atoms with Crippen LogP contribution >= 0.6 is 11.6 Å². The summed E-state index contributed by atoms with van der Waals surface area (Å²) in [6, 6.07) is 0.936. The number of alkyl halides is 3. The number of hydrogen-bond donors (Lipinski definition) is 0. The van der Waals surface area contributed by atoms with E-state index in [1.165, 1.54) is 0 Å². The van der Waals surface area contributed by atoms with Crippen molar-refractivity contribution in [3.63, 3.8) is 0 Å². The zero-order valence-electron chi connectivity index (χ0n) is 8.27. The molecular weight excluding hydrogens is 229 g/mol. The molecule has 6 heteroatoms. The molecule has 0 atom stereocenters. The fourth-order valence-electron chi connectivity index (χ4n) is 1.13. The summed E-state index contributed by atoms with van der Waals surface area (Å²) in [4.78, 5) is 6.88. The van der Waals surface area contributed by atoms with Crippen molar-refractivity contribution in [3.8, 4) is 0 Å². The van der Waals surface area contributed by atoms with Crippen molar-refractivity contribution in [2.24, 2.45) is 5.92 Å². The second kappa shape index (κ2) is 4.35. The molecule has 0 amide bonds. The average Bonchev–Trinajstić information content (AvgIpc) is 1.99. The van der Waals surface area contributed by atoms with Crippen molar-refractivity contribution < 1.29 is 13.2 Å². The third kappa shape index (κ3) is 3.66. The lowest BCUT2D eigenvalue weighted by atomic mass is 10.1. The van der Waals surface area contributed by atoms with Crippen molar-refractivity contribution in [2.75, 3.05) is 0 Å². The second-order valence-corrected chi connectivity index (χ2v) is 3.95.